The maximum atomic E-state index is 5.78. The Morgan fingerprint density at radius 1 is 1.21 bits per heavy atom. The molecule has 14 heavy (non-hydrogen) atoms. The molecule has 0 saturated heterocycles. The minimum Gasteiger partial charge on any atom is -0.379 e. The molecule has 0 aromatic carbocycles. The fourth-order valence-corrected chi connectivity index (χ4v) is 1.75. The van der Waals surface area contributed by atoms with Crippen molar-refractivity contribution in [3.63, 3.8) is 0 Å². The van der Waals surface area contributed by atoms with Gasteiger partial charge in [0, 0.05) is 12.6 Å². The molecular formula is C11H23NO2. The highest BCUT2D eigenvalue weighted by molar-refractivity contribution is 4.77. The lowest BCUT2D eigenvalue weighted by Crippen LogP contribution is -2.18. The Kier molecular flexibility index (Phi) is 6.15. The lowest BCUT2D eigenvalue weighted by molar-refractivity contribution is 0.00692. The van der Waals surface area contributed by atoms with E-state index in [1.54, 1.807) is 0 Å². The molecule has 2 atom stereocenters. The summed E-state index contributed by atoms with van der Waals surface area (Å²) in [6, 6.07) is 0.362. The van der Waals surface area contributed by atoms with Crippen LogP contribution in [0.1, 0.15) is 39.0 Å². The highest BCUT2D eigenvalue weighted by Crippen LogP contribution is 2.19. The van der Waals surface area contributed by atoms with Crippen LogP contribution >= 0.6 is 0 Å². The molecule has 1 rings (SSSR count). The van der Waals surface area contributed by atoms with Gasteiger partial charge in [-0.1, -0.05) is 13.3 Å². The van der Waals surface area contributed by atoms with E-state index in [4.69, 9.17) is 15.2 Å². The molecule has 1 aliphatic rings. The molecule has 2 N–H and O–H groups in total. The molecule has 0 spiro atoms. The zero-order valence-corrected chi connectivity index (χ0v) is 9.21. The fraction of sp³-hybridized carbons (Fsp3) is 1.00. The Morgan fingerprint density at radius 2 is 2.07 bits per heavy atom. The van der Waals surface area contributed by atoms with Crippen molar-refractivity contribution in [2.75, 3.05) is 19.8 Å². The molecule has 0 amide bonds. The summed E-state index contributed by atoms with van der Waals surface area (Å²) in [6.07, 6.45) is 5.98. The average Bonchev–Trinajstić information content (AvgIpc) is 2.58. The van der Waals surface area contributed by atoms with E-state index >= 15 is 0 Å². The van der Waals surface area contributed by atoms with Gasteiger partial charge in [0.15, 0.2) is 0 Å². The van der Waals surface area contributed by atoms with Crippen molar-refractivity contribution in [3.05, 3.63) is 0 Å². The monoisotopic (exact) mass is 201 g/mol. The second kappa shape index (κ2) is 7.21. The summed E-state index contributed by atoms with van der Waals surface area (Å²) in [7, 11) is 0. The summed E-state index contributed by atoms with van der Waals surface area (Å²) >= 11 is 0. The molecule has 1 fully saturated rings. The van der Waals surface area contributed by atoms with Crippen molar-refractivity contribution >= 4 is 0 Å². The molecule has 3 heteroatoms. The normalized spacial score (nSPS) is 27.0. The van der Waals surface area contributed by atoms with Crippen molar-refractivity contribution in [1.82, 2.24) is 0 Å². The highest BCUT2D eigenvalue weighted by Gasteiger charge is 2.21. The van der Waals surface area contributed by atoms with Crippen LogP contribution in [0.2, 0.25) is 0 Å². The third-order valence-electron chi connectivity index (χ3n) is 2.65. The molecule has 0 aromatic heterocycles. The molecule has 1 saturated carbocycles. The number of unbranched alkanes of at least 4 members (excludes halogenated alkanes) is 1. The van der Waals surface area contributed by atoms with Gasteiger partial charge in [0.1, 0.15) is 0 Å². The van der Waals surface area contributed by atoms with Crippen LogP contribution in [0.5, 0.6) is 0 Å². The summed E-state index contributed by atoms with van der Waals surface area (Å²) < 4.78 is 11.1. The molecular weight excluding hydrogens is 178 g/mol. The number of hydrogen-bond donors (Lipinski definition) is 1. The van der Waals surface area contributed by atoms with Gasteiger partial charge in [-0.25, -0.2) is 0 Å². The van der Waals surface area contributed by atoms with E-state index < -0.39 is 0 Å². The van der Waals surface area contributed by atoms with Crippen molar-refractivity contribution in [1.29, 1.82) is 0 Å². The average molecular weight is 201 g/mol. The van der Waals surface area contributed by atoms with Crippen molar-refractivity contribution in [2.45, 2.75) is 51.2 Å². The highest BCUT2D eigenvalue weighted by atomic mass is 16.5. The molecule has 0 bridgehead atoms. The first-order valence-electron chi connectivity index (χ1n) is 5.78. The Morgan fingerprint density at radius 3 is 2.71 bits per heavy atom. The van der Waals surface area contributed by atoms with Crippen molar-refractivity contribution in [2.24, 2.45) is 5.73 Å². The van der Waals surface area contributed by atoms with Crippen LogP contribution in [-0.4, -0.2) is 32.0 Å². The molecule has 0 heterocycles. The standard InChI is InChI=1S/C11H23NO2/c1-2-3-6-13-7-8-14-11-5-4-10(12)9-11/h10-11H,2-9,12H2,1H3. The largest absolute Gasteiger partial charge is 0.379 e. The molecule has 84 valence electrons. The Hall–Kier alpha value is -0.120. The Balaban J connectivity index is 1.84. The van der Waals surface area contributed by atoms with Gasteiger partial charge in [0.05, 0.1) is 19.3 Å². The van der Waals surface area contributed by atoms with Gasteiger partial charge in [0.2, 0.25) is 0 Å². The van der Waals surface area contributed by atoms with Gasteiger partial charge in [-0.2, -0.15) is 0 Å². The molecule has 0 aromatic rings. The Labute approximate surface area is 86.9 Å². The van der Waals surface area contributed by atoms with Crippen molar-refractivity contribution in [3.8, 4) is 0 Å². The number of ether oxygens (including phenoxy) is 2. The van der Waals surface area contributed by atoms with Crippen LogP contribution < -0.4 is 5.73 Å². The summed E-state index contributed by atoms with van der Waals surface area (Å²) in [5.74, 6) is 0. The first-order chi connectivity index (χ1) is 6.83. The van der Waals surface area contributed by atoms with E-state index in [1.807, 2.05) is 0 Å². The van der Waals surface area contributed by atoms with Crippen LogP contribution in [-0.2, 0) is 9.47 Å². The second-order valence-electron chi connectivity index (χ2n) is 4.03. The van der Waals surface area contributed by atoms with Gasteiger partial charge in [-0.05, 0) is 25.7 Å². The molecule has 0 radical (unpaired) electrons. The first-order valence-corrected chi connectivity index (χ1v) is 5.78. The van der Waals surface area contributed by atoms with E-state index in [9.17, 15) is 0 Å². The third kappa shape index (κ3) is 4.94. The minimum absolute atomic E-state index is 0.362. The lowest BCUT2D eigenvalue weighted by Gasteiger charge is -2.11. The van der Waals surface area contributed by atoms with E-state index in [0.29, 0.717) is 12.1 Å². The molecule has 3 nitrogen and oxygen atoms in total. The quantitative estimate of drug-likeness (QED) is 0.638. The lowest BCUT2D eigenvalue weighted by atomic mass is 10.3. The van der Waals surface area contributed by atoms with Gasteiger partial charge >= 0.3 is 0 Å². The summed E-state index contributed by atoms with van der Waals surface area (Å²) in [6.45, 7) is 4.48. The fourth-order valence-electron chi connectivity index (χ4n) is 1.75. The van der Waals surface area contributed by atoms with Crippen LogP contribution in [0.3, 0.4) is 0 Å². The topological polar surface area (TPSA) is 44.5 Å². The molecule has 2 unspecified atom stereocenters. The summed E-state index contributed by atoms with van der Waals surface area (Å²) in [5, 5.41) is 0. The predicted molar refractivity (Wildman–Crippen MR) is 57.3 cm³/mol. The van der Waals surface area contributed by atoms with Gasteiger partial charge < -0.3 is 15.2 Å². The van der Waals surface area contributed by atoms with E-state index in [1.165, 1.54) is 6.42 Å². The smallest absolute Gasteiger partial charge is 0.0704 e. The zero-order valence-electron chi connectivity index (χ0n) is 9.21. The first kappa shape index (κ1) is 12.0. The Bertz CT molecular complexity index is 141. The van der Waals surface area contributed by atoms with Crippen LogP contribution in [0, 0.1) is 0 Å². The SMILES string of the molecule is CCCCOCCOC1CCC(N)C1. The van der Waals surface area contributed by atoms with E-state index in [0.717, 1.165) is 45.5 Å². The van der Waals surface area contributed by atoms with Gasteiger partial charge in [0.25, 0.3) is 0 Å². The second-order valence-corrected chi connectivity index (χ2v) is 4.03. The van der Waals surface area contributed by atoms with Crippen LogP contribution in [0.15, 0.2) is 0 Å². The summed E-state index contributed by atoms with van der Waals surface area (Å²) in [4.78, 5) is 0. The van der Waals surface area contributed by atoms with E-state index in [-0.39, 0.29) is 0 Å². The maximum Gasteiger partial charge on any atom is 0.0704 e. The van der Waals surface area contributed by atoms with Crippen LogP contribution in [0.25, 0.3) is 0 Å². The van der Waals surface area contributed by atoms with Crippen molar-refractivity contribution < 1.29 is 9.47 Å². The maximum absolute atomic E-state index is 5.78. The number of rotatable bonds is 7. The zero-order chi connectivity index (χ0) is 10.2. The van der Waals surface area contributed by atoms with Gasteiger partial charge in [-0.3, -0.25) is 0 Å². The predicted octanol–water partition coefficient (Wildman–Crippen LogP) is 1.70. The minimum atomic E-state index is 0.362. The summed E-state index contributed by atoms with van der Waals surface area (Å²) in [5.41, 5.74) is 5.78. The molecule has 0 aliphatic heterocycles. The molecule has 1 aliphatic carbocycles. The van der Waals surface area contributed by atoms with Crippen LogP contribution in [0.4, 0.5) is 0 Å². The van der Waals surface area contributed by atoms with E-state index in [2.05, 4.69) is 6.92 Å². The number of nitrogens with two attached hydrogens (primary N) is 1. The number of hydrogen-bond acceptors (Lipinski definition) is 3. The van der Waals surface area contributed by atoms with Gasteiger partial charge in [-0.15, -0.1) is 0 Å². The third-order valence-corrected chi connectivity index (χ3v) is 2.65.